The van der Waals surface area contributed by atoms with Gasteiger partial charge in [0, 0.05) is 23.3 Å². The molecule has 2 nitrogen and oxygen atoms in total. The van der Waals surface area contributed by atoms with E-state index >= 15 is 0 Å². The fourth-order valence-corrected chi connectivity index (χ4v) is 4.36. The maximum absolute atomic E-state index is 12.5. The van der Waals surface area contributed by atoms with Crippen molar-refractivity contribution < 1.29 is 4.79 Å². The second-order valence-corrected chi connectivity index (χ2v) is 6.61. The molecule has 0 aromatic heterocycles. The number of nitrogens with zero attached hydrogens (tertiary/aromatic N) is 1. The van der Waals surface area contributed by atoms with Gasteiger partial charge in [0.1, 0.15) is 0 Å². The fourth-order valence-electron chi connectivity index (χ4n) is 3.53. The molecule has 98 valence electrons. The number of hydrogen-bond acceptors (Lipinski definition) is 2. The Morgan fingerprint density at radius 3 is 2.18 bits per heavy atom. The number of carbonyl (C=O) groups is 1. The van der Waals surface area contributed by atoms with Gasteiger partial charge in [0.25, 0.3) is 0 Å². The molecule has 2 unspecified atom stereocenters. The van der Waals surface area contributed by atoms with Crippen molar-refractivity contribution >= 4 is 17.7 Å². The summed E-state index contributed by atoms with van der Waals surface area (Å²) in [6.45, 7) is 4.28. The van der Waals surface area contributed by atoms with Gasteiger partial charge in [-0.15, -0.1) is 0 Å². The predicted molar refractivity (Wildman–Crippen MR) is 74.3 cm³/mol. The molecule has 2 aliphatic rings. The average molecular weight is 255 g/mol. The van der Waals surface area contributed by atoms with Gasteiger partial charge in [-0.3, -0.25) is 4.79 Å². The Labute approximate surface area is 110 Å². The van der Waals surface area contributed by atoms with Crippen LogP contribution in [0.3, 0.4) is 0 Å². The zero-order valence-corrected chi connectivity index (χ0v) is 12.1. The maximum atomic E-state index is 12.5. The summed E-state index contributed by atoms with van der Waals surface area (Å²) < 4.78 is 0. The van der Waals surface area contributed by atoms with Gasteiger partial charge in [0.05, 0.1) is 0 Å². The van der Waals surface area contributed by atoms with Gasteiger partial charge in [-0.1, -0.05) is 13.8 Å². The number of piperidine rings is 1. The van der Waals surface area contributed by atoms with E-state index in [1.54, 1.807) is 0 Å². The minimum Gasteiger partial charge on any atom is -0.336 e. The lowest BCUT2D eigenvalue weighted by Crippen LogP contribution is -2.49. The number of amides is 1. The molecule has 3 heteroatoms. The van der Waals surface area contributed by atoms with Crippen LogP contribution in [-0.2, 0) is 4.79 Å². The summed E-state index contributed by atoms with van der Waals surface area (Å²) in [7, 11) is 0. The molecule has 2 bridgehead atoms. The van der Waals surface area contributed by atoms with E-state index in [-0.39, 0.29) is 5.92 Å². The molecule has 2 rings (SSSR count). The SMILES string of the molecule is CCC(CC)C(=O)N1C2CCC1CC(SC)C2. The van der Waals surface area contributed by atoms with Gasteiger partial charge in [0.15, 0.2) is 0 Å². The summed E-state index contributed by atoms with van der Waals surface area (Å²) in [5, 5.41) is 0.790. The quantitative estimate of drug-likeness (QED) is 0.768. The van der Waals surface area contributed by atoms with Crippen molar-refractivity contribution in [3.8, 4) is 0 Å². The van der Waals surface area contributed by atoms with E-state index in [2.05, 4.69) is 25.0 Å². The number of rotatable bonds is 4. The topological polar surface area (TPSA) is 20.3 Å². The summed E-state index contributed by atoms with van der Waals surface area (Å²) in [5.74, 6) is 0.714. The van der Waals surface area contributed by atoms with Crippen LogP contribution in [0.15, 0.2) is 0 Å². The molecule has 0 N–H and O–H groups in total. The molecule has 0 saturated carbocycles. The van der Waals surface area contributed by atoms with Crippen LogP contribution in [0, 0.1) is 5.92 Å². The monoisotopic (exact) mass is 255 g/mol. The Morgan fingerprint density at radius 1 is 1.24 bits per heavy atom. The predicted octanol–water partition coefficient (Wildman–Crippen LogP) is 3.31. The Balaban J connectivity index is 2.06. The molecule has 2 fully saturated rings. The van der Waals surface area contributed by atoms with Crippen LogP contribution in [0.2, 0.25) is 0 Å². The summed E-state index contributed by atoms with van der Waals surface area (Å²) in [4.78, 5) is 14.8. The summed E-state index contributed by atoms with van der Waals surface area (Å²) in [5.41, 5.74) is 0. The molecule has 0 aromatic rings. The van der Waals surface area contributed by atoms with E-state index in [1.807, 2.05) is 11.8 Å². The average Bonchev–Trinajstić information content (AvgIpc) is 2.61. The van der Waals surface area contributed by atoms with E-state index in [0.29, 0.717) is 18.0 Å². The molecule has 0 radical (unpaired) electrons. The standard InChI is InChI=1S/C14H25NOS/c1-4-10(5-2)14(16)15-11-6-7-12(15)9-13(8-11)17-3/h10-13H,4-9H2,1-3H3. The van der Waals surface area contributed by atoms with Crippen molar-refractivity contribution in [2.45, 2.75) is 69.7 Å². The van der Waals surface area contributed by atoms with Crippen molar-refractivity contribution in [3.05, 3.63) is 0 Å². The number of fused-ring (bicyclic) bond motifs is 2. The lowest BCUT2D eigenvalue weighted by molar-refractivity contribution is -0.140. The second kappa shape index (κ2) is 5.64. The molecule has 17 heavy (non-hydrogen) atoms. The van der Waals surface area contributed by atoms with Gasteiger partial charge in [0.2, 0.25) is 5.91 Å². The summed E-state index contributed by atoms with van der Waals surface area (Å²) in [6.07, 6.45) is 9.14. The Kier molecular flexibility index (Phi) is 4.40. The zero-order chi connectivity index (χ0) is 12.4. The van der Waals surface area contributed by atoms with Crippen LogP contribution in [-0.4, -0.2) is 34.4 Å². The molecule has 1 amide bonds. The number of hydrogen-bond donors (Lipinski definition) is 0. The highest BCUT2D eigenvalue weighted by molar-refractivity contribution is 7.99. The molecule has 0 spiro atoms. The van der Waals surface area contributed by atoms with Crippen LogP contribution in [0.25, 0.3) is 0 Å². The highest BCUT2D eigenvalue weighted by Crippen LogP contribution is 2.40. The van der Waals surface area contributed by atoms with Crippen LogP contribution in [0.4, 0.5) is 0 Å². The fraction of sp³-hybridized carbons (Fsp3) is 0.929. The summed E-state index contributed by atoms with van der Waals surface area (Å²) >= 11 is 1.99. The molecule has 2 saturated heterocycles. The zero-order valence-electron chi connectivity index (χ0n) is 11.3. The smallest absolute Gasteiger partial charge is 0.226 e. The van der Waals surface area contributed by atoms with Gasteiger partial charge >= 0.3 is 0 Å². The van der Waals surface area contributed by atoms with Gasteiger partial charge in [-0.25, -0.2) is 0 Å². The Bertz CT molecular complexity index is 263. The van der Waals surface area contributed by atoms with Crippen LogP contribution < -0.4 is 0 Å². The molecule has 0 aromatic carbocycles. The second-order valence-electron chi connectivity index (χ2n) is 5.47. The van der Waals surface area contributed by atoms with E-state index in [0.717, 1.165) is 18.1 Å². The third-order valence-electron chi connectivity index (χ3n) is 4.61. The highest BCUT2D eigenvalue weighted by Gasteiger charge is 2.43. The third-order valence-corrected chi connectivity index (χ3v) is 5.66. The first kappa shape index (κ1) is 13.3. The van der Waals surface area contributed by atoms with Gasteiger partial charge in [-0.2, -0.15) is 11.8 Å². The minimum absolute atomic E-state index is 0.268. The molecular formula is C14H25NOS. The van der Waals surface area contributed by atoms with E-state index in [4.69, 9.17) is 0 Å². The lowest BCUT2D eigenvalue weighted by Gasteiger charge is -2.40. The molecular weight excluding hydrogens is 230 g/mol. The minimum atomic E-state index is 0.268. The highest BCUT2D eigenvalue weighted by atomic mass is 32.2. The van der Waals surface area contributed by atoms with Crippen LogP contribution >= 0.6 is 11.8 Å². The largest absolute Gasteiger partial charge is 0.336 e. The van der Waals surface area contributed by atoms with Crippen molar-refractivity contribution in [3.63, 3.8) is 0 Å². The molecule has 0 aliphatic carbocycles. The van der Waals surface area contributed by atoms with Crippen molar-refractivity contribution in [2.24, 2.45) is 5.92 Å². The van der Waals surface area contributed by atoms with E-state index in [9.17, 15) is 4.79 Å². The van der Waals surface area contributed by atoms with Crippen molar-refractivity contribution in [1.29, 1.82) is 0 Å². The van der Waals surface area contributed by atoms with Crippen LogP contribution in [0.5, 0.6) is 0 Å². The van der Waals surface area contributed by atoms with E-state index in [1.165, 1.54) is 25.7 Å². The molecule has 2 atom stereocenters. The van der Waals surface area contributed by atoms with Crippen molar-refractivity contribution in [1.82, 2.24) is 4.90 Å². The van der Waals surface area contributed by atoms with Crippen molar-refractivity contribution in [2.75, 3.05) is 6.26 Å². The van der Waals surface area contributed by atoms with Crippen LogP contribution in [0.1, 0.15) is 52.4 Å². The molecule has 2 heterocycles. The summed E-state index contributed by atoms with van der Waals surface area (Å²) in [6, 6.07) is 1.11. The van der Waals surface area contributed by atoms with Gasteiger partial charge in [-0.05, 0) is 44.8 Å². The normalized spacial score (nSPS) is 32.2. The third kappa shape index (κ3) is 2.49. The first-order valence-electron chi connectivity index (χ1n) is 7.06. The Morgan fingerprint density at radius 2 is 1.76 bits per heavy atom. The first-order chi connectivity index (χ1) is 8.21. The lowest BCUT2D eigenvalue weighted by atomic mass is 9.96. The Hall–Kier alpha value is -0.180. The number of thioether (sulfide) groups is 1. The van der Waals surface area contributed by atoms with Gasteiger partial charge < -0.3 is 4.90 Å². The first-order valence-corrected chi connectivity index (χ1v) is 8.34. The number of carbonyl (C=O) groups excluding carboxylic acids is 1. The maximum Gasteiger partial charge on any atom is 0.226 e. The molecule has 2 aliphatic heterocycles. The van der Waals surface area contributed by atoms with E-state index < -0.39 is 0 Å².